The van der Waals surface area contributed by atoms with Crippen LogP contribution in [0, 0.1) is 10.8 Å². The number of ether oxygens (including phenoxy) is 1. The number of hydrogen-bond acceptors (Lipinski definition) is 4. The van der Waals surface area contributed by atoms with Crippen LogP contribution in [0.15, 0.2) is 18.2 Å². The van der Waals surface area contributed by atoms with Gasteiger partial charge in [-0.1, -0.05) is 46.8 Å². The lowest BCUT2D eigenvalue weighted by Crippen LogP contribution is -2.47. The Labute approximate surface area is 221 Å². The van der Waals surface area contributed by atoms with Crippen LogP contribution in [0.5, 0.6) is 0 Å². The number of rotatable bonds is 6. The molecule has 0 aromatic heterocycles. The molecule has 3 aliphatic rings. The highest BCUT2D eigenvalue weighted by Crippen LogP contribution is 2.53. The van der Waals surface area contributed by atoms with Gasteiger partial charge in [-0.25, -0.2) is 0 Å². The van der Waals surface area contributed by atoms with E-state index in [4.69, 9.17) is 4.74 Å². The second kappa shape index (κ2) is 12.6. The van der Waals surface area contributed by atoms with E-state index >= 15 is 0 Å². The number of benzene rings is 1. The topological polar surface area (TPSA) is 19.0 Å². The average molecular weight is 515 g/mol. The van der Waals surface area contributed by atoms with E-state index in [1.807, 2.05) is 0 Å². The van der Waals surface area contributed by atoms with Crippen LogP contribution in [0.4, 0.5) is 5.69 Å². The maximum atomic E-state index is 5.57. The summed E-state index contributed by atoms with van der Waals surface area (Å²) in [6.07, 6.45) is 5.20. The lowest BCUT2D eigenvalue weighted by molar-refractivity contribution is 0.0341. The zero-order valence-electron chi connectivity index (χ0n) is 22.3. The summed E-state index contributed by atoms with van der Waals surface area (Å²) in [6.45, 7) is 23.1. The molecule has 0 bridgehead atoms. The van der Waals surface area contributed by atoms with E-state index in [0.29, 0.717) is 16.7 Å². The summed E-state index contributed by atoms with van der Waals surface area (Å²) in [6, 6.07) is 7.46. The molecule has 0 amide bonds. The normalized spacial score (nSPS) is 23.7. The van der Waals surface area contributed by atoms with Crippen molar-refractivity contribution >= 4 is 30.5 Å². The molecular weight excluding hydrogens is 465 g/mol. The van der Waals surface area contributed by atoms with Crippen molar-refractivity contribution in [2.75, 3.05) is 63.9 Å². The van der Waals surface area contributed by atoms with Gasteiger partial charge in [0, 0.05) is 51.5 Å². The van der Waals surface area contributed by atoms with Gasteiger partial charge in [0.15, 0.2) is 0 Å². The molecule has 34 heavy (non-hydrogen) atoms. The zero-order valence-corrected chi connectivity index (χ0v) is 23.9. The van der Waals surface area contributed by atoms with Gasteiger partial charge in [-0.15, -0.1) is 24.8 Å². The Morgan fingerprint density at radius 3 is 2.06 bits per heavy atom. The second-order valence-corrected chi connectivity index (χ2v) is 12.2. The highest BCUT2D eigenvalue weighted by Gasteiger charge is 2.40. The summed E-state index contributed by atoms with van der Waals surface area (Å²) in [7, 11) is 0. The minimum absolute atomic E-state index is 0. The van der Waals surface area contributed by atoms with E-state index in [0.717, 1.165) is 45.9 Å². The van der Waals surface area contributed by atoms with E-state index in [1.54, 1.807) is 5.56 Å². The van der Waals surface area contributed by atoms with Gasteiger partial charge in [-0.05, 0) is 66.2 Å². The molecule has 0 atom stereocenters. The summed E-state index contributed by atoms with van der Waals surface area (Å²) < 4.78 is 5.57. The molecule has 1 aliphatic carbocycles. The summed E-state index contributed by atoms with van der Waals surface area (Å²) in [5, 5.41) is 0. The highest BCUT2D eigenvalue weighted by atomic mass is 35.5. The Hall–Kier alpha value is -0.520. The van der Waals surface area contributed by atoms with Gasteiger partial charge in [0.1, 0.15) is 0 Å². The lowest BCUT2D eigenvalue weighted by Gasteiger charge is -2.46. The first-order chi connectivity index (χ1) is 15.2. The maximum absolute atomic E-state index is 5.57. The van der Waals surface area contributed by atoms with Crippen LogP contribution in [0.25, 0.3) is 0 Å². The van der Waals surface area contributed by atoms with Gasteiger partial charge >= 0.3 is 0 Å². The van der Waals surface area contributed by atoms with Crippen molar-refractivity contribution in [2.24, 2.45) is 10.8 Å². The predicted molar refractivity (Wildman–Crippen MR) is 150 cm³/mol. The third-order valence-corrected chi connectivity index (χ3v) is 7.85. The van der Waals surface area contributed by atoms with Crippen LogP contribution in [0.2, 0.25) is 0 Å². The Balaban J connectivity index is 0.00000204. The van der Waals surface area contributed by atoms with Gasteiger partial charge in [0.2, 0.25) is 0 Å². The summed E-state index contributed by atoms with van der Waals surface area (Å²) in [4.78, 5) is 7.88. The molecule has 0 spiro atoms. The summed E-state index contributed by atoms with van der Waals surface area (Å²) in [5.74, 6) is 0.655. The standard InChI is InChI=1S/C28H47N3O.2ClH/c1-6-9-29-10-12-31(13-11-29)26-8-7-23(21-30-14-16-32-17-15-30)18-25(26)24-19-27(2,3)22-28(4,5)20-24;;/h7-8,18,24H,6,9-17,19-22H2,1-5H3;2*1H. The Morgan fingerprint density at radius 2 is 1.47 bits per heavy atom. The van der Waals surface area contributed by atoms with Crippen molar-refractivity contribution in [3.05, 3.63) is 29.3 Å². The number of piperazine rings is 1. The van der Waals surface area contributed by atoms with E-state index in [-0.39, 0.29) is 24.8 Å². The van der Waals surface area contributed by atoms with Crippen LogP contribution in [-0.4, -0.2) is 68.8 Å². The van der Waals surface area contributed by atoms with Gasteiger partial charge in [0.05, 0.1) is 13.2 Å². The van der Waals surface area contributed by atoms with Crippen LogP contribution in [-0.2, 0) is 11.3 Å². The molecule has 2 aliphatic heterocycles. The minimum Gasteiger partial charge on any atom is -0.379 e. The molecule has 3 fully saturated rings. The third-order valence-electron chi connectivity index (χ3n) is 7.85. The molecule has 4 rings (SSSR count). The largest absolute Gasteiger partial charge is 0.379 e. The molecule has 0 radical (unpaired) electrons. The van der Waals surface area contributed by atoms with Crippen molar-refractivity contribution < 1.29 is 4.74 Å². The zero-order chi connectivity index (χ0) is 22.8. The molecule has 0 N–H and O–H groups in total. The Kier molecular flexibility index (Phi) is 11.0. The number of halogens is 2. The number of anilines is 1. The van der Waals surface area contributed by atoms with Crippen molar-refractivity contribution in [3.8, 4) is 0 Å². The average Bonchev–Trinajstić information content (AvgIpc) is 2.73. The molecule has 196 valence electrons. The molecule has 6 heteroatoms. The molecule has 4 nitrogen and oxygen atoms in total. The van der Waals surface area contributed by atoms with E-state index < -0.39 is 0 Å². The predicted octanol–water partition coefficient (Wildman–Crippen LogP) is 6.21. The maximum Gasteiger partial charge on any atom is 0.0594 e. The molecule has 1 aromatic rings. The number of morpholine rings is 1. The van der Waals surface area contributed by atoms with E-state index in [2.05, 4.69) is 67.5 Å². The van der Waals surface area contributed by atoms with Crippen LogP contribution < -0.4 is 4.90 Å². The van der Waals surface area contributed by atoms with Crippen molar-refractivity contribution in [2.45, 2.75) is 72.8 Å². The van der Waals surface area contributed by atoms with Crippen LogP contribution >= 0.6 is 24.8 Å². The van der Waals surface area contributed by atoms with E-state index in [9.17, 15) is 0 Å². The van der Waals surface area contributed by atoms with Crippen molar-refractivity contribution in [3.63, 3.8) is 0 Å². The summed E-state index contributed by atoms with van der Waals surface area (Å²) in [5.41, 5.74) is 5.44. The smallest absolute Gasteiger partial charge is 0.0594 e. The van der Waals surface area contributed by atoms with Gasteiger partial charge in [0.25, 0.3) is 0 Å². The first-order valence-electron chi connectivity index (χ1n) is 13.1. The molecule has 0 unspecified atom stereocenters. The third kappa shape index (κ3) is 7.74. The first-order valence-corrected chi connectivity index (χ1v) is 13.1. The van der Waals surface area contributed by atoms with E-state index in [1.165, 1.54) is 56.6 Å². The van der Waals surface area contributed by atoms with Crippen LogP contribution in [0.3, 0.4) is 0 Å². The molecule has 1 aromatic carbocycles. The fourth-order valence-electron chi connectivity index (χ4n) is 6.93. The first kappa shape index (κ1) is 29.7. The number of hydrogen-bond donors (Lipinski definition) is 0. The fourth-order valence-corrected chi connectivity index (χ4v) is 6.93. The molecule has 1 saturated carbocycles. The molecular formula is C28H49Cl2N3O. The highest BCUT2D eigenvalue weighted by molar-refractivity contribution is 5.85. The quantitative estimate of drug-likeness (QED) is 0.449. The SMILES string of the molecule is CCCN1CCN(c2ccc(CN3CCOCC3)cc2C2CC(C)(C)CC(C)(C)C2)CC1.Cl.Cl. The van der Waals surface area contributed by atoms with Gasteiger partial charge in [-0.2, -0.15) is 0 Å². The fraction of sp³-hybridized carbons (Fsp3) is 0.786. The second-order valence-electron chi connectivity index (χ2n) is 12.2. The van der Waals surface area contributed by atoms with Crippen LogP contribution in [0.1, 0.15) is 77.3 Å². The minimum atomic E-state index is 0. The van der Waals surface area contributed by atoms with Crippen molar-refractivity contribution in [1.82, 2.24) is 9.80 Å². The summed E-state index contributed by atoms with van der Waals surface area (Å²) >= 11 is 0. The lowest BCUT2D eigenvalue weighted by atomic mass is 9.60. The van der Waals surface area contributed by atoms with Gasteiger partial charge < -0.3 is 9.64 Å². The van der Waals surface area contributed by atoms with Gasteiger partial charge in [-0.3, -0.25) is 9.80 Å². The monoisotopic (exact) mass is 513 g/mol. The molecule has 2 saturated heterocycles. The Bertz CT molecular complexity index is 740. The Morgan fingerprint density at radius 1 is 0.853 bits per heavy atom. The van der Waals surface area contributed by atoms with Crippen molar-refractivity contribution in [1.29, 1.82) is 0 Å². The molecule has 2 heterocycles. The number of nitrogens with zero attached hydrogens (tertiary/aromatic N) is 3.